The van der Waals surface area contributed by atoms with Gasteiger partial charge in [-0.05, 0) is 37.1 Å². The van der Waals surface area contributed by atoms with Crippen molar-refractivity contribution in [3.8, 4) is 0 Å². The van der Waals surface area contributed by atoms with E-state index in [1.807, 2.05) is 0 Å². The summed E-state index contributed by atoms with van der Waals surface area (Å²) in [7, 11) is 1.70. The molecule has 0 aliphatic rings. The van der Waals surface area contributed by atoms with Crippen molar-refractivity contribution >= 4 is 61.8 Å². The molecule has 176 valence electrons. The van der Waals surface area contributed by atoms with Crippen molar-refractivity contribution in [3.05, 3.63) is 51.5 Å². The van der Waals surface area contributed by atoms with E-state index in [1.165, 1.54) is 12.4 Å². The van der Waals surface area contributed by atoms with Crippen LogP contribution >= 0.6 is 27.5 Å². The summed E-state index contributed by atoms with van der Waals surface area (Å²) in [6, 6.07) is 6.56. The zero-order chi connectivity index (χ0) is 24.0. The quantitative estimate of drug-likeness (QED) is 0.169. The van der Waals surface area contributed by atoms with Crippen LogP contribution in [0, 0.1) is 5.82 Å². The lowest BCUT2D eigenvalue weighted by atomic mass is 10.1. The summed E-state index contributed by atoms with van der Waals surface area (Å²) >= 11 is 9.58. The monoisotopic (exact) mass is 541 g/mol. The molecule has 0 bridgehead atoms. The zero-order valence-electron chi connectivity index (χ0n) is 17.6. The van der Waals surface area contributed by atoms with Crippen LogP contribution in [0.2, 0.25) is 5.02 Å². The summed E-state index contributed by atoms with van der Waals surface area (Å²) in [4.78, 5) is 33.1. The second-order valence-corrected chi connectivity index (χ2v) is 8.53. The molecule has 4 N–H and O–H groups in total. The number of imidazole rings is 1. The predicted molar refractivity (Wildman–Crippen MR) is 125 cm³/mol. The molecular weight excluding hydrogens is 521 g/mol. The molecule has 0 aliphatic carbocycles. The highest BCUT2D eigenvalue weighted by Gasteiger charge is 2.22. The smallest absolute Gasteiger partial charge is 0.277 e. The normalized spacial score (nSPS) is 10.9. The third-order valence-corrected chi connectivity index (χ3v) is 5.64. The number of fused-ring (bicyclic) bond motifs is 1. The molecule has 0 aliphatic heterocycles. The highest BCUT2D eigenvalue weighted by atomic mass is 79.9. The van der Waals surface area contributed by atoms with E-state index in [1.54, 1.807) is 35.3 Å². The van der Waals surface area contributed by atoms with Gasteiger partial charge >= 0.3 is 0 Å². The van der Waals surface area contributed by atoms with Gasteiger partial charge in [-0.25, -0.2) is 20.3 Å². The fourth-order valence-electron chi connectivity index (χ4n) is 3.12. The van der Waals surface area contributed by atoms with Gasteiger partial charge in [0, 0.05) is 17.9 Å². The molecule has 3 rings (SSSR count). The number of carbonyl (C=O) groups excluding carboxylic acids is 2. The molecule has 3 aromatic rings. The second-order valence-electron chi connectivity index (χ2n) is 7.21. The average Bonchev–Trinajstić information content (AvgIpc) is 3.16. The summed E-state index contributed by atoms with van der Waals surface area (Å²) in [5.74, 6) is -1.80. The molecule has 0 fully saturated rings. The summed E-state index contributed by atoms with van der Waals surface area (Å²) in [6.07, 6.45) is 3.45. The minimum absolute atomic E-state index is 0.0159. The predicted octanol–water partition coefficient (Wildman–Crippen LogP) is 4.60. The first-order chi connectivity index (χ1) is 15.8. The van der Waals surface area contributed by atoms with Gasteiger partial charge in [0.15, 0.2) is 5.82 Å². The van der Waals surface area contributed by atoms with Crippen LogP contribution in [0.5, 0.6) is 0 Å². The van der Waals surface area contributed by atoms with Crippen molar-refractivity contribution in [2.45, 2.75) is 25.7 Å². The molecule has 0 saturated heterocycles. The second kappa shape index (κ2) is 11.4. The Bertz CT molecular complexity index is 1170. The van der Waals surface area contributed by atoms with Crippen LogP contribution in [-0.2, 0) is 16.7 Å². The molecule has 0 spiro atoms. The third-order valence-electron chi connectivity index (χ3n) is 4.84. The Morgan fingerprint density at radius 2 is 2.06 bits per heavy atom. The van der Waals surface area contributed by atoms with Gasteiger partial charge in [0.05, 0.1) is 40.4 Å². The number of halogens is 3. The number of benzene rings is 2. The number of nitrogens with one attached hydrogen (secondary N) is 3. The molecule has 12 heteroatoms. The molecular formula is C21H22BrClFN5O4. The van der Waals surface area contributed by atoms with E-state index < -0.39 is 17.6 Å². The van der Waals surface area contributed by atoms with E-state index in [0.717, 1.165) is 4.47 Å². The Morgan fingerprint density at radius 1 is 1.27 bits per heavy atom. The molecule has 0 atom stereocenters. The number of aryl methyl sites for hydroxylation is 1. The Balaban J connectivity index is 1.75. The zero-order valence-corrected chi connectivity index (χ0v) is 20.0. The maximum absolute atomic E-state index is 15.4. The lowest BCUT2D eigenvalue weighted by Gasteiger charge is -2.15. The van der Waals surface area contributed by atoms with Gasteiger partial charge in [-0.1, -0.05) is 34.0 Å². The first-order valence-corrected chi connectivity index (χ1v) is 11.2. The molecule has 9 nitrogen and oxygen atoms in total. The van der Waals surface area contributed by atoms with Gasteiger partial charge in [-0.2, -0.15) is 0 Å². The summed E-state index contributed by atoms with van der Waals surface area (Å²) in [6.45, 7) is 0.199. The summed E-state index contributed by atoms with van der Waals surface area (Å²) in [5.41, 5.74) is 4.79. The van der Waals surface area contributed by atoms with Crippen LogP contribution < -0.4 is 16.3 Å². The number of rotatable bonds is 10. The standard InChI is InChI=1S/C21H22BrClFN5O4/c1-29-11-25-20-16(29)10-13(21(31)28-33-8-4-2-3-5-17(30)27-32)19(18(20)24)26-15-7-6-12(22)9-14(15)23/h6-7,9-11,26,32H,2-5,8H2,1H3,(H,27,30)(H,28,31). The molecule has 0 radical (unpaired) electrons. The van der Waals surface area contributed by atoms with E-state index in [2.05, 4.69) is 31.7 Å². The number of amides is 2. The Morgan fingerprint density at radius 3 is 2.79 bits per heavy atom. The van der Waals surface area contributed by atoms with Crippen molar-refractivity contribution in [2.75, 3.05) is 11.9 Å². The number of aromatic nitrogens is 2. The van der Waals surface area contributed by atoms with Crippen molar-refractivity contribution in [2.24, 2.45) is 7.05 Å². The SMILES string of the molecule is Cn1cnc2c(F)c(Nc3ccc(Br)cc3Cl)c(C(=O)NOCCCCCC(=O)NO)cc21. The van der Waals surface area contributed by atoms with Crippen molar-refractivity contribution < 1.29 is 24.0 Å². The molecule has 0 saturated carbocycles. The van der Waals surface area contributed by atoms with Crippen molar-refractivity contribution in [3.63, 3.8) is 0 Å². The number of hydrogen-bond acceptors (Lipinski definition) is 6. The highest BCUT2D eigenvalue weighted by Crippen LogP contribution is 2.34. The summed E-state index contributed by atoms with van der Waals surface area (Å²) < 4.78 is 17.7. The fraction of sp³-hybridized carbons (Fsp3) is 0.286. The van der Waals surface area contributed by atoms with Gasteiger partial charge in [0.2, 0.25) is 5.91 Å². The largest absolute Gasteiger partial charge is 0.351 e. The molecule has 1 heterocycles. The van der Waals surface area contributed by atoms with Gasteiger partial charge in [0.1, 0.15) is 5.52 Å². The third kappa shape index (κ3) is 6.20. The van der Waals surface area contributed by atoms with Gasteiger partial charge < -0.3 is 9.88 Å². The van der Waals surface area contributed by atoms with Crippen LogP contribution in [0.3, 0.4) is 0 Å². The number of hydroxylamine groups is 2. The number of carbonyl (C=O) groups is 2. The van der Waals surface area contributed by atoms with Crippen molar-refractivity contribution in [1.82, 2.24) is 20.5 Å². The summed E-state index contributed by atoms with van der Waals surface area (Å²) in [5, 5.41) is 11.7. The maximum Gasteiger partial charge on any atom is 0.277 e. The van der Waals surface area contributed by atoms with Gasteiger partial charge in [0.25, 0.3) is 5.91 Å². The average molecular weight is 543 g/mol. The fourth-order valence-corrected chi connectivity index (χ4v) is 3.84. The molecule has 33 heavy (non-hydrogen) atoms. The minimum atomic E-state index is -0.695. The number of hydrogen-bond donors (Lipinski definition) is 4. The topological polar surface area (TPSA) is 118 Å². The van der Waals surface area contributed by atoms with Gasteiger partial charge in [-0.15, -0.1) is 0 Å². The van der Waals surface area contributed by atoms with Gasteiger partial charge in [-0.3, -0.25) is 19.6 Å². The molecule has 2 amide bonds. The highest BCUT2D eigenvalue weighted by molar-refractivity contribution is 9.10. The first-order valence-electron chi connectivity index (χ1n) is 10.0. The van der Waals surface area contributed by atoms with E-state index in [9.17, 15) is 9.59 Å². The molecule has 0 unspecified atom stereocenters. The molecule has 2 aromatic carbocycles. The van der Waals surface area contributed by atoms with Crippen LogP contribution in [0.25, 0.3) is 11.0 Å². The van der Waals surface area contributed by atoms with E-state index in [-0.39, 0.29) is 29.8 Å². The lowest BCUT2D eigenvalue weighted by molar-refractivity contribution is -0.129. The molecule has 1 aromatic heterocycles. The maximum atomic E-state index is 15.4. The Kier molecular flexibility index (Phi) is 8.61. The van der Waals surface area contributed by atoms with Crippen LogP contribution in [-0.4, -0.2) is 33.2 Å². The minimum Gasteiger partial charge on any atom is -0.351 e. The van der Waals surface area contributed by atoms with E-state index >= 15 is 4.39 Å². The van der Waals surface area contributed by atoms with E-state index in [4.69, 9.17) is 21.6 Å². The van der Waals surface area contributed by atoms with Crippen LogP contribution in [0.15, 0.2) is 35.1 Å². The van der Waals surface area contributed by atoms with Crippen LogP contribution in [0.1, 0.15) is 36.0 Å². The Labute approximate surface area is 202 Å². The lowest BCUT2D eigenvalue weighted by Crippen LogP contribution is -2.25. The number of anilines is 2. The van der Waals surface area contributed by atoms with Crippen LogP contribution in [0.4, 0.5) is 15.8 Å². The Hall–Kier alpha value is -2.73. The number of unbranched alkanes of at least 4 members (excludes halogenated alkanes) is 2. The number of nitrogens with zero attached hydrogens (tertiary/aromatic N) is 2. The first kappa shape index (κ1) is 24.9. The van der Waals surface area contributed by atoms with Crippen molar-refractivity contribution in [1.29, 1.82) is 0 Å². The van der Waals surface area contributed by atoms with E-state index in [0.29, 0.717) is 35.5 Å².